The number of para-hydroxylation sites is 1. The van der Waals surface area contributed by atoms with Gasteiger partial charge in [0.15, 0.2) is 6.10 Å². The zero-order valence-electron chi connectivity index (χ0n) is 18.6. The third-order valence-electron chi connectivity index (χ3n) is 5.68. The van der Waals surface area contributed by atoms with E-state index in [2.05, 4.69) is 15.2 Å². The lowest BCUT2D eigenvalue weighted by molar-refractivity contribution is 0.0319. The third kappa shape index (κ3) is 3.99. The highest BCUT2D eigenvalue weighted by Gasteiger charge is 2.23. The number of hydrogen-bond acceptors (Lipinski definition) is 6. The highest BCUT2D eigenvalue weighted by atomic mass is 16.5. The van der Waals surface area contributed by atoms with Crippen LogP contribution in [-0.2, 0) is 4.74 Å². The minimum absolute atomic E-state index is 0.267. The van der Waals surface area contributed by atoms with Crippen LogP contribution in [0, 0.1) is 6.92 Å². The SMILES string of the molecule is Cc1ccccc1-c1nnc(-c2ccc(C(=O)OC(C)C(=O)c3c[nH]c4ccccc34)cc2)o1. The molecule has 0 amide bonds. The molecule has 34 heavy (non-hydrogen) atoms. The maximum absolute atomic E-state index is 12.8. The molecule has 0 aliphatic heterocycles. The minimum atomic E-state index is -0.931. The molecule has 5 aromatic rings. The van der Waals surface area contributed by atoms with Crippen LogP contribution in [0.4, 0.5) is 0 Å². The van der Waals surface area contributed by atoms with Crippen molar-refractivity contribution in [2.45, 2.75) is 20.0 Å². The van der Waals surface area contributed by atoms with Gasteiger partial charge in [-0.05, 0) is 55.8 Å². The maximum atomic E-state index is 12.8. The molecule has 0 saturated heterocycles. The van der Waals surface area contributed by atoms with Gasteiger partial charge in [0, 0.05) is 33.8 Å². The predicted molar refractivity (Wildman–Crippen MR) is 127 cm³/mol. The molecule has 2 heterocycles. The monoisotopic (exact) mass is 451 g/mol. The van der Waals surface area contributed by atoms with Crippen molar-refractivity contribution >= 4 is 22.7 Å². The summed E-state index contributed by atoms with van der Waals surface area (Å²) in [6, 6.07) is 21.9. The molecule has 0 fully saturated rings. The second-order valence-electron chi connectivity index (χ2n) is 7.96. The number of carbonyl (C=O) groups excluding carboxylic acids is 2. The van der Waals surface area contributed by atoms with E-state index >= 15 is 0 Å². The van der Waals surface area contributed by atoms with E-state index in [0.29, 0.717) is 28.5 Å². The highest BCUT2D eigenvalue weighted by molar-refractivity contribution is 6.10. The number of esters is 1. The summed E-state index contributed by atoms with van der Waals surface area (Å²) in [5, 5.41) is 9.06. The van der Waals surface area contributed by atoms with E-state index in [1.54, 1.807) is 37.4 Å². The van der Waals surface area contributed by atoms with Crippen LogP contribution >= 0.6 is 0 Å². The van der Waals surface area contributed by atoms with Crippen molar-refractivity contribution in [3.8, 4) is 22.9 Å². The quantitative estimate of drug-likeness (QED) is 0.266. The lowest BCUT2D eigenvalue weighted by Crippen LogP contribution is -2.24. The molecule has 1 atom stereocenters. The van der Waals surface area contributed by atoms with Gasteiger partial charge >= 0.3 is 5.97 Å². The second kappa shape index (κ2) is 8.78. The Morgan fingerprint density at radius 1 is 0.912 bits per heavy atom. The fourth-order valence-electron chi connectivity index (χ4n) is 3.79. The molecule has 1 unspecified atom stereocenters. The van der Waals surface area contributed by atoms with Crippen molar-refractivity contribution in [1.29, 1.82) is 0 Å². The first-order valence-electron chi connectivity index (χ1n) is 10.8. The molecule has 7 heteroatoms. The van der Waals surface area contributed by atoms with Gasteiger partial charge in [-0.2, -0.15) is 0 Å². The zero-order valence-corrected chi connectivity index (χ0v) is 18.6. The number of aromatic nitrogens is 3. The minimum Gasteiger partial charge on any atom is -0.451 e. The van der Waals surface area contributed by atoms with Crippen molar-refractivity contribution in [1.82, 2.24) is 15.2 Å². The molecule has 0 aliphatic rings. The number of ketones is 1. The number of H-pyrrole nitrogens is 1. The first kappa shape index (κ1) is 21.3. The van der Waals surface area contributed by atoms with E-state index in [0.717, 1.165) is 22.0 Å². The van der Waals surface area contributed by atoms with Crippen molar-refractivity contribution < 1.29 is 18.7 Å². The number of rotatable bonds is 6. The predicted octanol–water partition coefficient (Wildman–Crippen LogP) is 5.62. The summed E-state index contributed by atoms with van der Waals surface area (Å²) >= 11 is 0. The van der Waals surface area contributed by atoms with Crippen LogP contribution in [0.3, 0.4) is 0 Å². The number of Topliss-reactive ketones (excluding diaryl/α,β-unsaturated/α-hetero) is 1. The van der Waals surface area contributed by atoms with Crippen LogP contribution in [0.5, 0.6) is 0 Å². The van der Waals surface area contributed by atoms with Gasteiger partial charge in [0.2, 0.25) is 17.6 Å². The molecular formula is C27H21N3O4. The van der Waals surface area contributed by atoms with E-state index in [1.807, 2.05) is 55.5 Å². The Morgan fingerprint density at radius 3 is 2.41 bits per heavy atom. The van der Waals surface area contributed by atoms with Crippen LogP contribution in [-0.4, -0.2) is 33.0 Å². The number of carbonyl (C=O) groups is 2. The number of nitrogens with zero attached hydrogens (tertiary/aromatic N) is 2. The largest absolute Gasteiger partial charge is 0.451 e. The summed E-state index contributed by atoms with van der Waals surface area (Å²) in [4.78, 5) is 28.5. The number of aryl methyl sites for hydroxylation is 1. The van der Waals surface area contributed by atoms with Gasteiger partial charge in [-0.15, -0.1) is 10.2 Å². The van der Waals surface area contributed by atoms with Crippen LogP contribution < -0.4 is 0 Å². The Balaban J connectivity index is 1.29. The molecule has 2 aromatic heterocycles. The summed E-state index contributed by atoms with van der Waals surface area (Å²) in [5.41, 5.74) is 4.24. The molecule has 0 saturated carbocycles. The fraction of sp³-hybridized carbons (Fsp3) is 0.111. The summed E-state index contributed by atoms with van der Waals surface area (Å²) in [6.45, 7) is 3.55. The van der Waals surface area contributed by atoms with Gasteiger partial charge in [-0.25, -0.2) is 4.79 Å². The number of ether oxygens (including phenoxy) is 1. The summed E-state index contributed by atoms with van der Waals surface area (Å²) < 4.78 is 11.3. The molecule has 0 radical (unpaired) electrons. The molecule has 5 rings (SSSR count). The first-order chi connectivity index (χ1) is 16.5. The van der Waals surface area contributed by atoms with Crippen LogP contribution in [0.1, 0.15) is 33.2 Å². The Labute approximate surface area is 195 Å². The smallest absolute Gasteiger partial charge is 0.338 e. The van der Waals surface area contributed by atoms with Crippen molar-refractivity contribution in [2.75, 3.05) is 0 Å². The molecule has 1 N–H and O–H groups in total. The van der Waals surface area contributed by atoms with E-state index in [9.17, 15) is 9.59 Å². The van der Waals surface area contributed by atoms with Gasteiger partial charge in [-0.1, -0.05) is 36.4 Å². The van der Waals surface area contributed by atoms with E-state index < -0.39 is 12.1 Å². The van der Waals surface area contributed by atoms with Crippen molar-refractivity contribution in [3.63, 3.8) is 0 Å². The third-order valence-corrected chi connectivity index (χ3v) is 5.68. The van der Waals surface area contributed by atoms with E-state index in [4.69, 9.17) is 9.15 Å². The van der Waals surface area contributed by atoms with Gasteiger partial charge in [0.1, 0.15) is 0 Å². The van der Waals surface area contributed by atoms with Gasteiger partial charge in [-0.3, -0.25) is 4.79 Å². The summed E-state index contributed by atoms with van der Waals surface area (Å²) in [6.07, 6.45) is 0.709. The Bertz CT molecular complexity index is 1500. The molecule has 168 valence electrons. The first-order valence-corrected chi connectivity index (χ1v) is 10.8. The van der Waals surface area contributed by atoms with E-state index in [-0.39, 0.29) is 5.78 Å². The molecular weight excluding hydrogens is 430 g/mol. The molecule has 0 bridgehead atoms. The van der Waals surface area contributed by atoms with Crippen LogP contribution in [0.2, 0.25) is 0 Å². The lowest BCUT2D eigenvalue weighted by Gasteiger charge is -2.12. The number of benzene rings is 3. The van der Waals surface area contributed by atoms with Crippen LogP contribution in [0.15, 0.2) is 83.4 Å². The average molecular weight is 451 g/mol. The van der Waals surface area contributed by atoms with Crippen molar-refractivity contribution in [2.24, 2.45) is 0 Å². The fourth-order valence-corrected chi connectivity index (χ4v) is 3.79. The maximum Gasteiger partial charge on any atom is 0.338 e. The Morgan fingerprint density at radius 2 is 1.62 bits per heavy atom. The number of nitrogens with one attached hydrogen (secondary N) is 1. The Hall–Kier alpha value is -4.52. The zero-order chi connectivity index (χ0) is 23.7. The number of aromatic amines is 1. The molecule has 0 aliphatic carbocycles. The lowest BCUT2D eigenvalue weighted by atomic mass is 10.1. The summed E-state index contributed by atoms with van der Waals surface area (Å²) in [5.74, 6) is -0.0716. The Kier molecular flexibility index (Phi) is 5.51. The summed E-state index contributed by atoms with van der Waals surface area (Å²) in [7, 11) is 0. The number of hydrogen-bond donors (Lipinski definition) is 1. The normalized spacial score (nSPS) is 11.9. The van der Waals surface area contributed by atoms with Gasteiger partial charge < -0.3 is 14.1 Å². The average Bonchev–Trinajstić information content (AvgIpc) is 3.52. The molecule has 0 spiro atoms. The number of fused-ring (bicyclic) bond motifs is 1. The second-order valence-corrected chi connectivity index (χ2v) is 7.96. The standard InChI is InChI=1S/C27H21N3O4/c1-16-7-3-4-8-20(16)26-30-29-25(34-26)18-11-13-19(14-12-18)27(32)33-17(2)24(31)22-15-28-23-10-6-5-9-21(22)23/h3-15,17,28H,1-2H3. The molecule has 7 nitrogen and oxygen atoms in total. The van der Waals surface area contributed by atoms with E-state index in [1.165, 1.54) is 0 Å². The topological polar surface area (TPSA) is 98.1 Å². The molecule has 3 aromatic carbocycles. The van der Waals surface area contributed by atoms with Gasteiger partial charge in [0.25, 0.3) is 0 Å². The van der Waals surface area contributed by atoms with Gasteiger partial charge in [0.05, 0.1) is 5.56 Å². The van der Waals surface area contributed by atoms with Crippen LogP contribution in [0.25, 0.3) is 33.8 Å². The van der Waals surface area contributed by atoms with Crippen molar-refractivity contribution in [3.05, 3.63) is 95.7 Å². The highest BCUT2D eigenvalue weighted by Crippen LogP contribution is 2.26.